The van der Waals surface area contributed by atoms with Gasteiger partial charge < -0.3 is 19.3 Å². The topological polar surface area (TPSA) is 64.6 Å². The first-order valence-electron chi connectivity index (χ1n) is 8.14. The molecule has 0 aromatic carbocycles. The molecule has 0 saturated heterocycles. The highest BCUT2D eigenvalue weighted by Gasteiger charge is 2.73. The van der Waals surface area contributed by atoms with Gasteiger partial charge in [0, 0.05) is 0 Å². The number of hydrogen-bond donors (Lipinski definition) is 1. The van der Waals surface area contributed by atoms with Gasteiger partial charge in [-0.2, -0.15) is 0 Å². The Morgan fingerprint density at radius 3 is 2.09 bits per heavy atom. The van der Waals surface area contributed by atoms with Crippen LogP contribution in [0.3, 0.4) is 0 Å². The first-order chi connectivity index (χ1) is 10.2. The Labute approximate surface area is 143 Å². The molecule has 0 spiro atoms. The summed E-state index contributed by atoms with van der Waals surface area (Å²) in [5.41, 5.74) is -2.34. The van der Waals surface area contributed by atoms with Crippen molar-refractivity contribution < 1.29 is 18.8 Å². The third kappa shape index (κ3) is 3.20. The second-order valence-corrected chi connectivity index (χ2v) is 9.80. The summed E-state index contributed by atoms with van der Waals surface area (Å²) < 4.78 is 10.9. The van der Waals surface area contributed by atoms with Gasteiger partial charge in [-0.3, -0.25) is 0 Å². The third-order valence-corrected chi connectivity index (χ3v) is 6.11. The minimum Gasteiger partial charge on any atom is -0.444 e. The van der Waals surface area contributed by atoms with E-state index < -0.39 is 22.6 Å². The molecule has 1 rings (SSSR count). The summed E-state index contributed by atoms with van der Waals surface area (Å²) in [5.74, 6) is 0. The maximum atomic E-state index is 12.3. The van der Waals surface area contributed by atoms with Crippen LogP contribution in [0.2, 0.25) is 0 Å². The van der Waals surface area contributed by atoms with E-state index in [4.69, 9.17) is 9.16 Å². The van der Waals surface area contributed by atoms with Crippen LogP contribution < -0.4 is 5.32 Å². The van der Waals surface area contributed by atoms with Crippen molar-refractivity contribution in [1.82, 2.24) is 5.32 Å². The maximum Gasteiger partial charge on any atom is 0.408 e. The van der Waals surface area contributed by atoms with Crippen molar-refractivity contribution in [1.29, 1.82) is 0 Å². The molecule has 6 heteroatoms. The van der Waals surface area contributed by atoms with Gasteiger partial charge in [-0.05, 0) is 38.0 Å². The first kappa shape index (κ1) is 20.2. The lowest BCUT2D eigenvalue weighted by Gasteiger charge is -2.70. The Balaban J connectivity index is 3.17. The highest BCUT2D eigenvalue weighted by atomic mass is 28.2. The Kier molecular flexibility index (Phi) is 5.16. The van der Waals surface area contributed by atoms with E-state index in [0.717, 1.165) is 6.29 Å². The van der Waals surface area contributed by atoms with Crippen molar-refractivity contribution in [3.63, 3.8) is 0 Å². The molecule has 1 fully saturated rings. The Morgan fingerprint density at radius 1 is 1.22 bits per heavy atom. The number of nitrogens with one attached hydrogen (secondary N) is 1. The van der Waals surface area contributed by atoms with E-state index in [0.29, 0.717) is 23.5 Å². The van der Waals surface area contributed by atoms with Crippen molar-refractivity contribution in [2.45, 2.75) is 73.0 Å². The maximum absolute atomic E-state index is 12.3. The molecule has 1 saturated carbocycles. The molecule has 0 bridgehead atoms. The summed E-state index contributed by atoms with van der Waals surface area (Å²) in [6, 6.07) is 0. The normalized spacial score (nSPS) is 34.6. The van der Waals surface area contributed by atoms with E-state index in [1.165, 1.54) is 0 Å². The van der Waals surface area contributed by atoms with Gasteiger partial charge in [0.1, 0.15) is 22.4 Å². The quantitative estimate of drug-likeness (QED) is 0.628. The van der Waals surface area contributed by atoms with Crippen molar-refractivity contribution in [3.8, 4) is 0 Å². The van der Waals surface area contributed by atoms with Gasteiger partial charge in [-0.1, -0.05) is 34.6 Å². The van der Waals surface area contributed by atoms with E-state index in [9.17, 15) is 9.59 Å². The monoisotopic (exact) mass is 343 g/mol. The summed E-state index contributed by atoms with van der Waals surface area (Å²) in [7, 11) is 0.549. The summed E-state index contributed by atoms with van der Waals surface area (Å²) in [5, 5.41) is 2.96. The average Bonchev–Trinajstić information content (AvgIpc) is 2.33. The van der Waals surface area contributed by atoms with E-state index in [-0.39, 0.29) is 10.8 Å². The Hall–Kier alpha value is -0.883. The number of ether oxygens (including phenoxy) is 1. The molecule has 1 amide bonds. The molecule has 3 atom stereocenters. The summed E-state index contributed by atoms with van der Waals surface area (Å²) in [4.78, 5) is 24.4. The smallest absolute Gasteiger partial charge is 0.408 e. The number of rotatable bonds is 4. The van der Waals surface area contributed by atoms with Crippen LogP contribution in [-0.2, 0) is 14.0 Å². The predicted molar refractivity (Wildman–Crippen MR) is 94.3 cm³/mol. The molecule has 0 heterocycles. The fraction of sp³-hybridized carbons (Fsp3) is 0.882. The number of amides is 1. The molecule has 1 aliphatic carbocycles. The second kappa shape index (κ2) is 5.88. The predicted octanol–water partition coefficient (Wildman–Crippen LogP) is 2.21. The minimum atomic E-state index is -0.723. The molecule has 5 nitrogen and oxygen atoms in total. The lowest BCUT2D eigenvalue weighted by molar-refractivity contribution is -0.208. The van der Waals surface area contributed by atoms with E-state index in [1.54, 1.807) is 0 Å². The molecular formula is C17H33NO4Si. The molecule has 0 aromatic rings. The Bertz CT molecular complexity index is 482. The van der Waals surface area contributed by atoms with E-state index in [2.05, 4.69) is 33.0 Å². The van der Waals surface area contributed by atoms with Gasteiger partial charge in [0.25, 0.3) is 0 Å². The number of hydrogen-bond acceptors (Lipinski definition) is 4. The zero-order chi connectivity index (χ0) is 18.3. The molecule has 0 radical (unpaired) electrons. The average molecular weight is 344 g/mol. The standard InChI is InChI=1S/C17H33NO4Si/c1-13(2,3)15(7)9-17(11-21-23,16(15,8)10-19)18-12(20)22-14(4,5)6/h10H,9,11H2,1-8,23H3,(H,18,20)/t15-,16-,17+/m1/s1. The largest absolute Gasteiger partial charge is 0.444 e. The lowest BCUT2D eigenvalue weighted by atomic mass is 9.35. The summed E-state index contributed by atoms with van der Waals surface area (Å²) in [6.45, 7) is 16.2. The van der Waals surface area contributed by atoms with Crippen LogP contribution in [-0.4, -0.2) is 40.6 Å². The third-order valence-electron chi connectivity index (χ3n) is 5.82. The SMILES string of the molecule is CC(C)(C)OC(=O)N[C@]1(CO[SiH3])C[C@](C)(C(C)(C)C)[C@@]1(C)C=O. The number of carbonyl (C=O) groups excluding carboxylic acids is 2. The molecule has 1 N–H and O–H groups in total. The lowest BCUT2D eigenvalue weighted by Crippen LogP contribution is -2.80. The Morgan fingerprint density at radius 2 is 1.74 bits per heavy atom. The van der Waals surface area contributed by atoms with Crippen LogP contribution in [0, 0.1) is 16.2 Å². The van der Waals surface area contributed by atoms with Crippen molar-refractivity contribution in [2.24, 2.45) is 16.2 Å². The molecule has 134 valence electrons. The fourth-order valence-corrected chi connectivity index (χ4v) is 4.33. The molecular weight excluding hydrogens is 310 g/mol. The highest BCUT2D eigenvalue weighted by Crippen LogP contribution is 2.68. The van der Waals surface area contributed by atoms with E-state index >= 15 is 0 Å². The molecule has 1 aliphatic rings. The van der Waals surface area contributed by atoms with Gasteiger partial charge in [-0.25, -0.2) is 4.79 Å². The van der Waals surface area contributed by atoms with E-state index in [1.807, 2.05) is 27.7 Å². The number of aldehydes is 1. The molecule has 23 heavy (non-hydrogen) atoms. The summed E-state index contributed by atoms with van der Waals surface area (Å²) >= 11 is 0. The van der Waals surface area contributed by atoms with Crippen LogP contribution >= 0.6 is 0 Å². The van der Waals surface area contributed by atoms with Crippen molar-refractivity contribution in [2.75, 3.05) is 6.61 Å². The fourth-order valence-electron chi connectivity index (χ4n) is 3.84. The second-order valence-electron chi connectivity index (χ2n) is 9.22. The van der Waals surface area contributed by atoms with Crippen LogP contribution in [0.5, 0.6) is 0 Å². The number of alkyl carbamates (subject to hydrolysis) is 1. The van der Waals surface area contributed by atoms with Gasteiger partial charge in [0.15, 0.2) is 0 Å². The highest BCUT2D eigenvalue weighted by molar-refractivity contribution is 5.98. The van der Waals surface area contributed by atoms with Crippen LogP contribution in [0.1, 0.15) is 61.8 Å². The summed E-state index contributed by atoms with van der Waals surface area (Å²) in [6.07, 6.45) is 1.17. The minimum absolute atomic E-state index is 0.0764. The van der Waals surface area contributed by atoms with Crippen LogP contribution in [0.4, 0.5) is 4.79 Å². The van der Waals surface area contributed by atoms with Gasteiger partial charge in [0.2, 0.25) is 0 Å². The molecule has 0 aliphatic heterocycles. The van der Waals surface area contributed by atoms with Gasteiger partial charge in [0.05, 0.1) is 17.6 Å². The zero-order valence-corrected chi connectivity index (χ0v) is 18.1. The van der Waals surface area contributed by atoms with Crippen LogP contribution in [0.15, 0.2) is 0 Å². The van der Waals surface area contributed by atoms with Crippen molar-refractivity contribution >= 4 is 22.9 Å². The van der Waals surface area contributed by atoms with Crippen LogP contribution in [0.25, 0.3) is 0 Å². The number of carbonyl (C=O) groups is 2. The first-order valence-corrected chi connectivity index (χ1v) is 8.96. The molecule has 0 unspecified atom stereocenters. The van der Waals surface area contributed by atoms with Crippen molar-refractivity contribution in [3.05, 3.63) is 0 Å². The van der Waals surface area contributed by atoms with Gasteiger partial charge in [-0.15, -0.1) is 0 Å². The zero-order valence-electron chi connectivity index (χ0n) is 16.1. The molecule has 0 aromatic heterocycles. The van der Waals surface area contributed by atoms with Gasteiger partial charge >= 0.3 is 6.09 Å².